The van der Waals surface area contributed by atoms with Gasteiger partial charge in [-0.2, -0.15) is 5.10 Å². The minimum Gasteiger partial charge on any atom is -0.342 e. The lowest BCUT2D eigenvalue weighted by molar-refractivity contribution is -0.142. The predicted octanol–water partition coefficient (Wildman–Crippen LogP) is 3.71. The largest absolute Gasteiger partial charge is 0.342 e. The zero-order chi connectivity index (χ0) is 24.6. The SMILES string of the molecule is N=C/C=N\Nc1ccc(C(=O)N2CCC3(CC2)OC2CCC(c4cc(F)cc(F)c4)N2C3=O)cc1. The molecule has 3 aliphatic heterocycles. The van der Waals surface area contributed by atoms with E-state index < -0.39 is 29.5 Å². The molecule has 0 aliphatic carbocycles. The highest BCUT2D eigenvalue weighted by Gasteiger charge is 2.58. The normalized spacial score (nSPS) is 23.2. The number of likely N-dealkylation sites (tertiary alicyclic amines) is 1. The maximum absolute atomic E-state index is 13.8. The van der Waals surface area contributed by atoms with Crippen LogP contribution in [0.5, 0.6) is 0 Å². The van der Waals surface area contributed by atoms with Crippen LogP contribution in [0.2, 0.25) is 0 Å². The van der Waals surface area contributed by atoms with Gasteiger partial charge >= 0.3 is 0 Å². The van der Waals surface area contributed by atoms with Crippen molar-refractivity contribution in [2.45, 2.75) is 43.6 Å². The molecule has 1 spiro atoms. The highest BCUT2D eigenvalue weighted by molar-refractivity contribution is 6.14. The van der Waals surface area contributed by atoms with E-state index in [4.69, 9.17) is 10.1 Å². The first-order valence-electron chi connectivity index (χ1n) is 11.5. The van der Waals surface area contributed by atoms with E-state index in [0.717, 1.165) is 12.3 Å². The molecule has 0 saturated carbocycles. The van der Waals surface area contributed by atoms with Crippen molar-refractivity contribution in [2.75, 3.05) is 18.5 Å². The van der Waals surface area contributed by atoms with E-state index in [9.17, 15) is 18.4 Å². The minimum atomic E-state index is -1.01. The highest BCUT2D eigenvalue weighted by atomic mass is 19.1. The summed E-state index contributed by atoms with van der Waals surface area (Å²) in [7, 11) is 0. The number of nitrogens with zero attached hydrogens (tertiary/aromatic N) is 3. The van der Waals surface area contributed by atoms with Gasteiger partial charge in [-0.25, -0.2) is 8.78 Å². The van der Waals surface area contributed by atoms with E-state index in [1.165, 1.54) is 18.3 Å². The van der Waals surface area contributed by atoms with Gasteiger partial charge in [0.2, 0.25) is 0 Å². The summed E-state index contributed by atoms with van der Waals surface area (Å²) in [6.45, 7) is 0.738. The summed E-state index contributed by atoms with van der Waals surface area (Å²) in [5, 5.41) is 10.8. The number of benzene rings is 2. The maximum atomic E-state index is 13.8. The van der Waals surface area contributed by atoms with Crippen LogP contribution in [0.15, 0.2) is 47.6 Å². The number of carbonyl (C=O) groups excluding carboxylic acids is 2. The number of hydrogen-bond acceptors (Lipinski definition) is 6. The van der Waals surface area contributed by atoms with Gasteiger partial charge in [0.05, 0.1) is 17.9 Å². The monoisotopic (exact) mass is 481 g/mol. The molecule has 2 aromatic rings. The third kappa shape index (κ3) is 4.29. The van der Waals surface area contributed by atoms with Gasteiger partial charge in [-0.05, 0) is 54.8 Å². The zero-order valence-electron chi connectivity index (χ0n) is 18.9. The Kier molecular flexibility index (Phi) is 6.06. The molecule has 8 nitrogen and oxygen atoms in total. The van der Waals surface area contributed by atoms with Crippen molar-refractivity contribution in [1.29, 1.82) is 5.41 Å². The van der Waals surface area contributed by atoms with E-state index in [2.05, 4.69) is 10.5 Å². The van der Waals surface area contributed by atoms with Gasteiger partial charge < -0.3 is 19.9 Å². The average Bonchev–Trinajstić information content (AvgIpc) is 3.37. The Morgan fingerprint density at radius 1 is 1.11 bits per heavy atom. The number of fused-ring (bicyclic) bond motifs is 1. The first kappa shape index (κ1) is 23.1. The van der Waals surface area contributed by atoms with Crippen LogP contribution in [0.4, 0.5) is 14.5 Å². The lowest BCUT2D eigenvalue weighted by Gasteiger charge is -2.37. The van der Waals surface area contributed by atoms with Crippen molar-refractivity contribution in [2.24, 2.45) is 5.10 Å². The number of nitrogens with one attached hydrogen (secondary N) is 2. The molecule has 2 N–H and O–H groups in total. The topological polar surface area (TPSA) is 98.1 Å². The molecule has 3 fully saturated rings. The van der Waals surface area contributed by atoms with Gasteiger partial charge in [0.15, 0.2) is 5.60 Å². The summed E-state index contributed by atoms with van der Waals surface area (Å²) < 4.78 is 33.8. The molecule has 2 amide bonds. The Hall–Kier alpha value is -3.66. The van der Waals surface area contributed by atoms with Crippen LogP contribution in [0.25, 0.3) is 0 Å². The molecule has 0 radical (unpaired) electrons. The fourth-order valence-electron chi connectivity index (χ4n) is 5.23. The maximum Gasteiger partial charge on any atom is 0.257 e. The van der Waals surface area contributed by atoms with Crippen LogP contribution >= 0.6 is 0 Å². The Bertz CT molecular complexity index is 1160. The number of hydrazone groups is 1. The van der Waals surface area contributed by atoms with E-state index in [1.807, 2.05) is 0 Å². The van der Waals surface area contributed by atoms with E-state index in [-0.39, 0.29) is 11.8 Å². The number of anilines is 1. The Labute approximate surface area is 201 Å². The van der Waals surface area contributed by atoms with E-state index >= 15 is 0 Å². The molecule has 35 heavy (non-hydrogen) atoms. The van der Waals surface area contributed by atoms with Crippen molar-refractivity contribution in [3.8, 4) is 0 Å². The second-order valence-corrected chi connectivity index (χ2v) is 9.00. The predicted molar refractivity (Wildman–Crippen MR) is 125 cm³/mol. The van der Waals surface area contributed by atoms with Gasteiger partial charge in [0, 0.05) is 43.8 Å². The number of piperidine rings is 1. The van der Waals surface area contributed by atoms with Crippen molar-refractivity contribution in [1.82, 2.24) is 9.80 Å². The number of ether oxygens (including phenoxy) is 1. The van der Waals surface area contributed by atoms with Crippen molar-refractivity contribution >= 4 is 29.9 Å². The van der Waals surface area contributed by atoms with E-state index in [1.54, 1.807) is 34.1 Å². The second-order valence-electron chi connectivity index (χ2n) is 9.00. The Morgan fingerprint density at radius 3 is 2.46 bits per heavy atom. The molecule has 2 aromatic carbocycles. The quantitative estimate of drug-likeness (QED) is 0.503. The van der Waals surface area contributed by atoms with Crippen LogP contribution < -0.4 is 5.43 Å². The molecular weight excluding hydrogens is 456 g/mol. The molecule has 5 rings (SSSR count). The minimum absolute atomic E-state index is 0.131. The van der Waals surface area contributed by atoms with Gasteiger partial charge in [0.25, 0.3) is 11.8 Å². The van der Waals surface area contributed by atoms with Gasteiger partial charge in [0.1, 0.15) is 17.9 Å². The summed E-state index contributed by atoms with van der Waals surface area (Å²) in [5.41, 5.74) is 3.41. The van der Waals surface area contributed by atoms with Crippen LogP contribution in [-0.4, -0.2) is 59.0 Å². The molecule has 3 aliphatic rings. The molecule has 2 unspecified atom stereocenters. The number of rotatable bonds is 5. The summed E-state index contributed by atoms with van der Waals surface area (Å²) in [6, 6.07) is 9.81. The number of hydrogen-bond donors (Lipinski definition) is 2. The van der Waals surface area contributed by atoms with Crippen molar-refractivity contribution in [3.05, 3.63) is 65.2 Å². The van der Waals surface area contributed by atoms with Gasteiger partial charge in [-0.15, -0.1) is 0 Å². The fraction of sp³-hybridized carbons (Fsp3) is 0.360. The van der Waals surface area contributed by atoms with E-state index in [0.29, 0.717) is 55.6 Å². The molecule has 0 aromatic heterocycles. The molecule has 3 saturated heterocycles. The summed E-state index contributed by atoms with van der Waals surface area (Å²) in [5.74, 6) is -1.63. The van der Waals surface area contributed by atoms with Crippen molar-refractivity contribution < 1.29 is 23.1 Å². The average molecular weight is 482 g/mol. The second kappa shape index (κ2) is 9.18. The Morgan fingerprint density at radius 2 is 1.80 bits per heavy atom. The van der Waals surface area contributed by atoms with Gasteiger partial charge in [-0.1, -0.05) is 0 Å². The number of amides is 2. The molecular formula is C25H25F2N5O3. The third-order valence-corrected chi connectivity index (χ3v) is 6.92. The van der Waals surface area contributed by atoms with Crippen LogP contribution in [0, 0.1) is 17.0 Å². The first-order valence-corrected chi connectivity index (χ1v) is 11.5. The molecule has 182 valence electrons. The first-order chi connectivity index (χ1) is 16.9. The van der Waals surface area contributed by atoms with Crippen LogP contribution in [0.1, 0.15) is 47.6 Å². The molecule has 2 atom stereocenters. The fourth-order valence-corrected chi connectivity index (χ4v) is 5.23. The molecule has 10 heteroatoms. The lowest BCUT2D eigenvalue weighted by atomic mass is 9.89. The zero-order valence-corrected chi connectivity index (χ0v) is 18.9. The standard InChI is InChI=1S/C25H25F2N5O3/c26-18-13-17(14-19(27)15-18)21-5-6-22-32(21)24(34)25(35-22)7-11-31(12-8-25)23(33)16-1-3-20(4-2-16)30-29-10-9-28/h1-4,9-10,13-15,21-22,28,30H,5-8,11-12H2/b28-9?,29-10-. The summed E-state index contributed by atoms with van der Waals surface area (Å²) in [4.78, 5) is 29.8. The van der Waals surface area contributed by atoms with Crippen LogP contribution in [-0.2, 0) is 9.53 Å². The lowest BCUT2D eigenvalue weighted by Crippen LogP contribution is -2.51. The van der Waals surface area contributed by atoms with Crippen molar-refractivity contribution in [3.63, 3.8) is 0 Å². The van der Waals surface area contributed by atoms with Crippen LogP contribution in [0.3, 0.4) is 0 Å². The summed E-state index contributed by atoms with van der Waals surface area (Å²) >= 11 is 0. The smallest absolute Gasteiger partial charge is 0.257 e. The molecule has 3 heterocycles. The third-order valence-electron chi connectivity index (χ3n) is 6.92. The number of halogens is 2. The Balaban J connectivity index is 1.24. The molecule has 0 bridgehead atoms. The van der Waals surface area contributed by atoms with Gasteiger partial charge in [-0.3, -0.25) is 15.0 Å². The highest BCUT2D eigenvalue weighted by Crippen LogP contribution is 2.47. The number of carbonyl (C=O) groups is 2. The summed E-state index contributed by atoms with van der Waals surface area (Å²) in [6.07, 6.45) is 3.85.